The number of anilines is 1. The largest absolute Gasteiger partial charge is 0.364 e. The summed E-state index contributed by atoms with van der Waals surface area (Å²) in [5, 5.41) is 9.80. The Kier molecular flexibility index (Phi) is 2.78. The van der Waals surface area contributed by atoms with Crippen molar-refractivity contribution in [2.75, 3.05) is 5.32 Å². The Morgan fingerprint density at radius 1 is 1.29 bits per heavy atom. The molecular weight excluding hydrogens is 250 g/mol. The molecule has 3 nitrogen and oxygen atoms in total. The summed E-state index contributed by atoms with van der Waals surface area (Å²) < 4.78 is 1.26. The molecule has 3 heterocycles. The highest BCUT2D eigenvalue weighted by atomic mass is 32.1. The highest BCUT2D eigenvalue weighted by molar-refractivity contribution is 7.17. The Balaban J connectivity index is 1.83. The van der Waals surface area contributed by atoms with Crippen LogP contribution in [0.3, 0.4) is 0 Å². The number of nitrogens with one attached hydrogen (secondary N) is 1. The summed E-state index contributed by atoms with van der Waals surface area (Å²) in [6, 6.07) is 4.14. The summed E-state index contributed by atoms with van der Waals surface area (Å²) in [6.07, 6.45) is 1.84. The minimum atomic E-state index is 0.728. The first-order valence-electron chi connectivity index (χ1n) is 5.30. The van der Waals surface area contributed by atoms with E-state index in [4.69, 9.17) is 0 Å². The maximum Gasteiger partial charge on any atom is 0.134 e. The zero-order chi connectivity index (χ0) is 11.7. The maximum atomic E-state index is 4.42. The fourth-order valence-electron chi connectivity index (χ4n) is 1.70. The molecule has 0 saturated heterocycles. The van der Waals surface area contributed by atoms with Gasteiger partial charge in [-0.2, -0.15) is 0 Å². The van der Waals surface area contributed by atoms with Crippen LogP contribution in [0.15, 0.2) is 29.1 Å². The number of hydrogen-bond donors (Lipinski definition) is 1. The molecule has 0 aromatic carbocycles. The number of pyridine rings is 1. The van der Waals surface area contributed by atoms with Crippen LogP contribution in [0.25, 0.3) is 10.1 Å². The normalized spacial score (nSPS) is 10.9. The predicted octanol–water partition coefficient (Wildman–Crippen LogP) is 3.67. The Labute approximate surface area is 107 Å². The van der Waals surface area contributed by atoms with Gasteiger partial charge in [0.2, 0.25) is 0 Å². The second-order valence-corrected chi connectivity index (χ2v) is 5.71. The monoisotopic (exact) mass is 261 g/mol. The van der Waals surface area contributed by atoms with E-state index in [0.717, 1.165) is 23.1 Å². The lowest BCUT2D eigenvalue weighted by Crippen LogP contribution is -2.01. The molecule has 0 unspecified atom stereocenters. The van der Waals surface area contributed by atoms with Gasteiger partial charge in [-0.3, -0.25) is 0 Å². The zero-order valence-corrected chi connectivity index (χ0v) is 10.9. The third-order valence-corrected chi connectivity index (χ3v) is 4.19. The van der Waals surface area contributed by atoms with Crippen LogP contribution in [0.5, 0.6) is 0 Å². The van der Waals surface area contributed by atoms with Gasteiger partial charge in [0.15, 0.2) is 0 Å². The van der Waals surface area contributed by atoms with E-state index in [9.17, 15) is 0 Å². The van der Waals surface area contributed by atoms with Gasteiger partial charge in [0, 0.05) is 21.7 Å². The molecule has 5 heteroatoms. The van der Waals surface area contributed by atoms with Crippen molar-refractivity contribution >= 4 is 38.6 Å². The van der Waals surface area contributed by atoms with Crippen LogP contribution in [0, 0.1) is 6.92 Å². The highest BCUT2D eigenvalue weighted by Crippen LogP contribution is 2.26. The van der Waals surface area contributed by atoms with Crippen molar-refractivity contribution in [3.63, 3.8) is 0 Å². The van der Waals surface area contributed by atoms with Crippen molar-refractivity contribution in [3.05, 3.63) is 39.8 Å². The van der Waals surface area contributed by atoms with E-state index in [-0.39, 0.29) is 0 Å². The first-order chi connectivity index (χ1) is 8.33. The van der Waals surface area contributed by atoms with Gasteiger partial charge in [-0.15, -0.1) is 22.7 Å². The SMILES string of the molecule is Cc1nc(CNc2nccc3sccc23)cs1. The molecule has 3 aromatic rings. The summed E-state index contributed by atoms with van der Waals surface area (Å²) in [5.41, 5.74) is 1.07. The van der Waals surface area contributed by atoms with Crippen molar-refractivity contribution in [2.24, 2.45) is 0 Å². The number of hydrogen-bond acceptors (Lipinski definition) is 5. The van der Waals surface area contributed by atoms with Gasteiger partial charge in [-0.05, 0) is 24.4 Å². The molecule has 0 aliphatic carbocycles. The molecule has 0 bridgehead atoms. The highest BCUT2D eigenvalue weighted by Gasteiger charge is 2.04. The second kappa shape index (κ2) is 4.43. The average Bonchev–Trinajstić information content (AvgIpc) is 2.94. The van der Waals surface area contributed by atoms with Crippen LogP contribution < -0.4 is 5.32 Å². The first-order valence-corrected chi connectivity index (χ1v) is 7.06. The van der Waals surface area contributed by atoms with Crippen molar-refractivity contribution in [1.82, 2.24) is 9.97 Å². The molecule has 86 valence electrons. The third kappa shape index (κ3) is 2.16. The van der Waals surface area contributed by atoms with E-state index in [2.05, 4.69) is 32.1 Å². The molecule has 3 aromatic heterocycles. The summed E-state index contributed by atoms with van der Waals surface area (Å²) in [5.74, 6) is 0.939. The lowest BCUT2D eigenvalue weighted by atomic mass is 10.3. The van der Waals surface area contributed by atoms with Crippen LogP contribution in [0.2, 0.25) is 0 Å². The molecule has 0 aliphatic heterocycles. The molecule has 0 radical (unpaired) electrons. The van der Waals surface area contributed by atoms with E-state index in [1.165, 1.54) is 10.1 Å². The zero-order valence-electron chi connectivity index (χ0n) is 9.30. The number of fused-ring (bicyclic) bond motifs is 1. The first kappa shape index (κ1) is 10.7. The van der Waals surface area contributed by atoms with Gasteiger partial charge in [-0.25, -0.2) is 9.97 Å². The number of thiophene rings is 1. The van der Waals surface area contributed by atoms with Crippen LogP contribution >= 0.6 is 22.7 Å². The number of aryl methyl sites for hydroxylation is 1. The number of aromatic nitrogens is 2. The smallest absolute Gasteiger partial charge is 0.134 e. The molecule has 17 heavy (non-hydrogen) atoms. The third-order valence-electron chi connectivity index (χ3n) is 2.48. The van der Waals surface area contributed by atoms with Gasteiger partial charge in [0.25, 0.3) is 0 Å². The van der Waals surface area contributed by atoms with Crippen molar-refractivity contribution in [2.45, 2.75) is 13.5 Å². The quantitative estimate of drug-likeness (QED) is 0.781. The molecule has 0 aliphatic rings. The van der Waals surface area contributed by atoms with Gasteiger partial charge < -0.3 is 5.32 Å². The topological polar surface area (TPSA) is 37.8 Å². The summed E-state index contributed by atoms with van der Waals surface area (Å²) >= 11 is 3.41. The van der Waals surface area contributed by atoms with Gasteiger partial charge in [-0.1, -0.05) is 0 Å². The molecular formula is C12H11N3S2. The van der Waals surface area contributed by atoms with E-state index in [1.54, 1.807) is 22.7 Å². The Hall–Kier alpha value is -1.46. The summed E-state index contributed by atoms with van der Waals surface area (Å²) in [7, 11) is 0. The average molecular weight is 261 g/mol. The Morgan fingerprint density at radius 3 is 3.06 bits per heavy atom. The number of rotatable bonds is 3. The van der Waals surface area contributed by atoms with Gasteiger partial charge in [0.1, 0.15) is 5.82 Å². The van der Waals surface area contributed by atoms with Crippen molar-refractivity contribution in [3.8, 4) is 0 Å². The van der Waals surface area contributed by atoms with Crippen LogP contribution in [0.1, 0.15) is 10.7 Å². The maximum absolute atomic E-state index is 4.42. The summed E-state index contributed by atoms with van der Waals surface area (Å²) in [4.78, 5) is 8.80. The van der Waals surface area contributed by atoms with Crippen LogP contribution in [-0.4, -0.2) is 9.97 Å². The van der Waals surface area contributed by atoms with Crippen LogP contribution in [0.4, 0.5) is 5.82 Å². The van der Waals surface area contributed by atoms with Crippen molar-refractivity contribution in [1.29, 1.82) is 0 Å². The van der Waals surface area contributed by atoms with Crippen LogP contribution in [-0.2, 0) is 6.54 Å². The minimum Gasteiger partial charge on any atom is -0.364 e. The Morgan fingerprint density at radius 2 is 2.24 bits per heavy atom. The van der Waals surface area contributed by atoms with E-state index < -0.39 is 0 Å². The molecule has 0 saturated carbocycles. The van der Waals surface area contributed by atoms with E-state index in [0.29, 0.717) is 0 Å². The lowest BCUT2D eigenvalue weighted by molar-refractivity contribution is 1.04. The number of thiazole rings is 1. The van der Waals surface area contributed by atoms with E-state index in [1.807, 2.05) is 19.2 Å². The van der Waals surface area contributed by atoms with Crippen molar-refractivity contribution < 1.29 is 0 Å². The molecule has 3 rings (SSSR count). The molecule has 0 amide bonds. The van der Waals surface area contributed by atoms with Gasteiger partial charge >= 0.3 is 0 Å². The lowest BCUT2D eigenvalue weighted by Gasteiger charge is -2.04. The second-order valence-electron chi connectivity index (χ2n) is 3.70. The predicted molar refractivity (Wildman–Crippen MR) is 73.8 cm³/mol. The number of nitrogens with zero attached hydrogens (tertiary/aromatic N) is 2. The van der Waals surface area contributed by atoms with Gasteiger partial charge in [0.05, 0.1) is 17.2 Å². The minimum absolute atomic E-state index is 0.728. The Bertz CT molecular complexity index is 642. The molecule has 1 N–H and O–H groups in total. The van der Waals surface area contributed by atoms with E-state index >= 15 is 0 Å². The fraction of sp³-hybridized carbons (Fsp3) is 0.167. The standard InChI is InChI=1S/C12H11N3S2/c1-8-15-9(7-17-8)6-14-12-10-3-5-16-11(10)2-4-13-12/h2-5,7H,6H2,1H3,(H,13,14). The summed E-state index contributed by atoms with van der Waals surface area (Å²) in [6.45, 7) is 2.75. The fourth-order valence-corrected chi connectivity index (χ4v) is 3.09. The molecule has 0 atom stereocenters. The molecule has 0 spiro atoms. The molecule has 0 fully saturated rings.